The molecule has 0 aliphatic heterocycles. The number of nitrogen functional groups attached to an aromatic ring is 1. The second kappa shape index (κ2) is 5.63. The molecule has 1 atom stereocenters. The molecule has 0 heterocycles. The van der Waals surface area contributed by atoms with E-state index in [2.05, 4.69) is 0 Å². The third-order valence-corrected chi connectivity index (χ3v) is 4.00. The van der Waals surface area contributed by atoms with Crippen molar-refractivity contribution in [2.24, 2.45) is 0 Å². The van der Waals surface area contributed by atoms with E-state index in [1.165, 1.54) is 12.1 Å². The largest absolute Gasteiger partial charge is 0.399 e. The van der Waals surface area contributed by atoms with Crippen molar-refractivity contribution in [3.63, 3.8) is 0 Å². The van der Waals surface area contributed by atoms with E-state index in [0.29, 0.717) is 10.6 Å². The number of benzene rings is 2. The van der Waals surface area contributed by atoms with Crippen molar-refractivity contribution in [2.75, 3.05) is 5.73 Å². The number of halogens is 1. The lowest BCUT2D eigenvalue weighted by Gasteiger charge is -2.05. The molecule has 0 radical (unpaired) electrons. The Labute approximate surface area is 112 Å². The molecule has 0 aromatic heterocycles. The minimum absolute atomic E-state index is 0.0330. The summed E-state index contributed by atoms with van der Waals surface area (Å²) >= 11 is 0. The Morgan fingerprint density at radius 2 is 1.89 bits per heavy atom. The van der Waals surface area contributed by atoms with Gasteiger partial charge in [0.15, 0.2) is 0 Å². The number of hydrogen-bond donors (Lipinski definition) is 1. The summed E-state index contributed by atoms with van der Waals surface area (Å²) in [5.41, 5.74) is 6.37. The highest BCUT2D eigenvalue weighted by Gasteiger charge is 2.11. The Morgan fingerprint density at radius 1 is 1.21 bits per heavy atom. The maximum atomic E-state index is 13.8. The first-order valence-electron chi connectivity index (χ1n) is 5.53. The number of anilines is 1. The van der Waals surface area contributed by atoms with Crippen molar-refractivity contribution < 1.29 is 8.60 Å². The first-order valence-corrected chi connectivity index (χ1v) is 6.85. The first kappa shape index (κ1) is 13.2. The van der Waals surface area contributed by atoms with E-state index in [0.717, 1.165) is 0 Å². The average Bonchev–Trinajstić information content (AvgIpc) is 2.42. The van der Waals surface area contributed by atoms with Gasteiger partial charge in [0, 0.05) is 16.1 Å². The maximum absolute atomic E-state index is 13.8. The van der Waals surface area contributed by atoms with Crippen LogP contribution in [0.25, 0.3) is 0 Å². The van der Waals surface area contributed by atoms with Gasteiger partial charge in [0.1, 0.15) is 11.9 Å². The summed E-state index contributed by atoms with van der Waals surface area (Å²) in [6, 6.07) is 12.9. The van der Waals surface area contributed by atoms with Gasteiger partial charge < -0.3 is 5.73 Å². The van der Waals surface area contributed by atoms with Crippen LogP contribution in [0.3, 0.4) is 0 Å². The summed E-state index contributed by atoms with van der Waals surface area (Å²) in [7, 11) is -1.37. The van der Waals surface area contributed by atoms with Crippen LogP contribution in [-0.4, -0.2) is 4.21 Å². The Morgan fingerprint density at radius 3 is 2.53 bits per heavy atom. The van der Waals surface area contributed by atoms with Gasteiger partial charge in [0.25, 0.3) is 0 Å². The Balaban J connectivity index is 2.25. The molecule has 2 aromatic carbocycles. The highest BCUT2D eigenvalue weighted by atomic mass is 32.2. The highest BCUT2D eigenvalue weighted by molar-refractivity contribution is 7.84. The van der Waals surface area contributed by atoms with Crippen LogP contribution in [-0.2, 0) is 16.6 Å². The zero-order valence-corrected chi connectivity index (χ0v) is 10.8. The molecule has 2 N–H and O–H groups in total. The van der Waals surface area contributed by atoms with Gasteiger partial charge in [-0.25, -0.2) is 4.39 Å². The molecule has 0 bridgehead atoms. The molecule has 3 nitrogen and oxygen atoms in total. The van der Waals surface area contributed by atoms with Crippen molar-refractivity contribution >= 4 is 16.5 Å². The van der Waals surface area contributed by atoms with E-state index in [1.807, 2.05) is 0 Å². The van der Waals surface area contributed by atoms with Crippen molar-refractivity contribution in [3.05, 3.63) is 59.4 Å². The zero-order valence-electron chi connectivity index (χ0n) is 9.97. The number of rotatable bonds is 3. The maximum Gasteiger partial charge on any atom is 0.145 e. The van der Waals surface area contributed by atoms with Crippen LogP contribution in [0.4, 0.5) is 10.1 Å². The van der Waals surface area contributed by atoms with Gasteiger partial charge in [-0.1, -0.05) is 12.1 Å². The fourth-order valence-corrected chi connectivity index (χ4v) is 2.73. The van der Waals surface area contributed by atoms with Gasteiger partial charge in [0.2, 0.25) is 0 Å². The lowest BCUT2D eigenvalue weighted by molar-refractivity contribution is 0.611. The summed E-state index contributed by atoms with van der Waals surface area (Å²) in [5.74, 6) is -0.570. The van der Waals surface area contributed by atoms with Gasteiger partial charge in [-0.2, -0.15) is 5.26 Å². The topological polar surface area (TPSA) is 66.9 Å². The lowest BCUT2D eigenvalue weighted by Crippen LogP contribution is -2.01. The Hall–Kier alpha value is -2.19. The molecule has 0 spiro atoms. The number of nitriles is 1. The highest BCUT2D eigenvalue weighted by Crippen LogP contribution is 2.18. The minimum atomic E-state index is -1.37. The van der Waals surface area contributed by atoms with Crippen molar-refractivity contribution in [3.8, 4) is 6.07 Å². The smallest absolute Gasteiger partial charge is 0.145 e. The number of hydrogen-bond acceptors (Lipinski definition) is 3. The molecule has 96 valence electrons. The molecule has 2 aromatic rings. The molecule has 5 heteroatoms. The SMILES string of the molecule is N#Cc1cccc(CS(=O)c2ccc(N)cc2)c1F. The molecule has 0 aliphatic rings. The number of nitrogens with two attached hydrogens (primary N) is 1. The van der Waals surface area contributed by atoms with Crippen LogP contribution in [0.5, 0.6) is 0 Å². The van der Waals surface area contributed by atoms with Gasteiger partial charge >= 0.3 is 0 Å². The fourth-order valence-electron chi connectivity index (χ4n) is 1.62. The standard InChI is InChI=1S/C14H11FN2OS/c15-14-10(8-16)2-1-3-11(14)9-19(18)13-6-4-12(17)5-7-13/h1-7H,9,17H2. The average molecular weight is 274 g/mol. The molecule has 1 unspecified atom stereocenters. The van der Waals surface area contributed by atoms with Crippen LogP contribution in [0.2, 0.25) is 0 Å². The van der Waals surface area contributed by atoms with Crippen LogP contribution < -0.4 is 5.73 Å². The summed E-state index contributed by atoms with van der Waals surface area (Å²) < 4.78 is 25.9. The third-order valence-electron chi connectivity index (χ3n) is 2.63. The van der Waals surface area contributed by atoms with Gasteiger partial charge in [0.05, 0.1) is 22.1 Å². The van der Waals surface area contributed by atoms with E-state index >= 15 is 0 Å². The van der Waals surface area contributed by atoms with Gasteiger partial charge in [-0.15, -0.1) is 0 Å². The van der Waals surface area contributed by atoms with Crippen molar-refractivity contribution in [2.45, 2.75) is 10.6 Å². The van der Waals surface area contributed by atoms with Gasteiger partial charge in [-0.3, -0.25) is 4.21 Å². The number of nitrogens with zero attached hydrogens (tertiary/aromatic N) is 1. The molecule has 0 aliphatic carbocycles. The predicted molar refractivity (Wildman–Crippen MR) is 72.1 cm³/mol. The Bertz CT molecular complexity index is 662. The van der Waals surface area contributed by atoms with Gasteiger partial charge in [-0.05, 0) is 30.3 Å². The van der Waals surface area contributed by atoms with E-state index in [-0.39, 0.29) is 16.9 Å². The quantitative estimate of drug-likeness (QED) is 0.875. The van der Waals surface area contributed by atoms with E-state index < -0.39 is 16.6 Å². The van der Waals surface area contributed by atoms with Crippen LogP contribution >= 0.6 is 0 Å². The van der Waals surface area contributed by atoms with Crippen LogP contribution in [0, 0.1) is 17.1 Å². The molecule has 0 fully saturated rings. The summed E-state index contributed by atoms with van der Waals surface area (Å²) in [5, 5.41) is 8.74. The Kier molecular flexibility index (Phi) is 3.93. The van der Waals surface area contributed by atoms with Crippen LogP contribution in [0.1, 0.15) is 11.1 Å². The molecule has 2 rings (SSSR count). The van der Waals surface area contributed by atoms with Crippen LogP contribution in [0.15, 0.2) is 47.4 Å². The lowest BCUT2D eigenvalue weighted by atomic mass is 10.1. The fraction of sp³-hybridized carbons (Fsp3) is 0.0714. The third kappa shape index (κ3) is 2.98. The summed E-state index contributed by atoms with van der Waals surface area (Å²) in [6.45, 7) is 0. The predicted octanol–water partition coefficient (Wildman–Crippen LogP) is 2.59. The normalized spacial score (nSPS) is 11.8. The zero-order chi connectivity index (χ0) is 13.8. The molecule has 0 saturated heterocycles. The summed E-state index contributed by atoms with van der Waals surface area (Å²) in [6.07, 6.45) is 0. The minimum Gasteiger partial charge on any atom is -0.399 e. The van der Waals surface area contributed by atoms with Crippen molar-refractivity contribution in [1.29, 1.82) is 5.26 Å². The monoisotopic (exact) mass is 274 g/mol. The second-order valence-electron chi connectivity index (χ2n) is 3.95. The first-order chi connectivity index (χ1) is 9.11. The molecular weight excluding hydrogens is 263 g/mol. The van der Waals surface area contributed by atoms with Crippen molar-refractivity contribution in [1.82, 2.24) is 0 Å². The van der Waals surface area contributed by atoms with E-state index in [4.69, 9.17) is 11.0 Å². The van der Waals surface area contributed by atoms with E-state index in [9.17, 15) is 8.60 Å². The molecule has 19 heavy (non-hydrogen) atoms. The molecule has 0 saturated carbocycles. The molecular formula is C14H11FN2OS. The second-order valence-corrected chi connectivity index (χ2v) is 5.40. The summed E-state index contributed by atoms with van der Waals surface area (Å²) in [4.78, 5) is 0.580. The van der Waals surface area contributed by atoms with E-state index in [1.54, 1.807) is 36.4 Å². The molecule has 0 amide bonds.